The SMILES string of the molecule is C=CCC(=O)c1ccc(CC)cc1. The first-order valence-corrected chi connectivity index (χ1v) is 4.51. The third-order valence-corrected chi connectivity index (χ3v) is 2.01. The van der Waals surface area contributed by atoms with E-state index in [0.717, 1.165) is 12.0 Å². The zero-order valence-electron chi connectivity index (χ0n) is 7.92. The van der Waals surface area contributed by atoms with Crippen LogP contribution in [0.5, 0.6) is 0 Å². The minimum absolute atomic E-state index is 0.137. The number of aryl methyl sites for hydroxylation is 1. The van der Waals surface area contributed by atoms with Crippen LogP contribution in [0.25, 0.3) is 0 Å². The number of carbonyl (C=O) groups is 1. The highest BCUT2D eigenvalue weighted by molar-refractivity contribution is 5.96. The van der Waals surface area contributed by atoms with E-state index in [1.165, 1.54) is 5.56 Å². The molecule has 0 saturated carbocycles. The van der Waals surface area contributed by atoms with E-state index < -0.39 is 0 Å². The topological polar surface area (TPSA) is 17.1 Å². The van der Waals surface area contributed by atoms with Gasteiger partial charge in [0.15, 0.2) is 5.78 Å². The Hall–Kier alpha value is -1.37. The normalized spacial score (nSPS) is 9.62. The van der Waals surface area contributed by atoms with E-state index in [1.807, 2.05) is 24.3 Å². The standard InChI is InChI=1S/C12H14O/c1-3-5-12(13)11-8-6-10(4-2)7-9-11/h3,6-9H,1,4-5H2,2H3. The van der Waals surface area contributed by atoms with E-state index in [4.69, 9.17) is 0 Å². The molecule has 0 aliphatic heterocycles. The number of allylic oxidation sites excluding steroid dienone is 1. The lowest BCUT2D eigenvalue weighted by atomic mass is 10.1. The second-order valence-electron chi connectivity index (χ2n) is 2.97. The second kappa shape index (κ2) is 4.61. The maximum atomic E-state index is 11.4. The lowest BCUT2D eigenvalue weighted by molar-refractivity contribution is 0.0996. The van der Waals surface area contributed by atoms with Crippen LogP contribution < -0.4 is 0 Å². The lowest BCUT2D eigenvalue weighted by Crippen LogP contribution is -1.96. The summed E-state index contributed by atoms with van der Waals surface area (Å²) in [6.07, 6.45) is 3.07. The molecule has 13 heavy (non-hydrogen) atoms. The van der Waals surface area contributed by atoms with Crippen molar-refractivity contribution in [3.05, 3.63) is 48.0 Å². The van der Waals surface area contributed by atoms with Gasteiger partial charge in [0.1, 0.15) is 0 Å². The fourth-order valence-corrected chi connectivity index (χ4v) is 1.18. The molecule has 0 N–H and O–H groups in total. The molecule has 0 aliphatic rings. The molecule has 0 fully saturated rings. The molecule has 1 heteroatoms. The first-order chi connectivity index (χ1) is 6.27. The summed E-state index contributed by atoms with van der Waals surface area (Å²) in [5, 5.41) is 0. The van der Waals surface area contributed by atoms with E-state index >= 15 is 0 Å². The van der Waals surface area contributed by atoms with Crippen molar-refractivity contribution < 1.29 is 4.79 Å². The van der Waals surface area contributed by atoms with Crippen molar-refractivity contribution in [2.24, 2.45) is 0 Å². The second-order valence-corrected chi connectivity index (χ2v) is 2.97. The number of benzene rings is 1. The third kappa shape index (κ3) is 2.55. The molecule has 1 nitrogen and oxygen atoms in total. The molecule has 0 radical (unpaired) electrons. The summed E-state index contributed by atoms with van der Waals surface area (Å²) in [4.78, 5) is 11.4. The molecule has 0 aliphatic carbocycles. The number of ketones is 1. The summed E-state index contributed by atoms with van der Waals surface area (Å²) in [7, 11) is 0. The predicted octanol–water partition coefficient (Wildman–Crippen LogP) is 3.01. The number of hydrogen-bond acceptors (Lipinski definition) is 1. The highest BCUT2D eigenvalue weighted by Gasteiger charge is 2.01. The van der Waals surface area contributed by atoms with Gasteiger partial charge in [-0.05, 0) is 12.0 Å². The maximum Gasteiger partial charge on any atom is 0.166 e. The Balaban J connectivity index is 2.79. The molecule has 1 aromatic carbocycles. The first kappa shape index (κ1) is 9.72. The van der Waals surface area contributed by atoms with Crippen LogP contribution in [0.15, 0.2) is 36.9 Å². The van der Waals surface area contributed by atoms with Gasteiger partial charge in [-0.2, -0.15) is 0 Å². The van der Waals surface area contributed by atoms with Gasteiger partial charge in [0, 0.05) is 12.0 Å². The Bertz CT molecular complexity index is 295. The van der Waals surface area contributed by atoms with Crippen LogP contribution in [-0.2, 0) is 6.42 Å². The molecule has 0 spiro atoms. The van der Waals surface area contributed by atoms with Crippen molar-refractivity contribution in [2.75, 3.05) is 0 Å². The summed E-state index contributed by atoms with van der Waals surface area (Å²) < 4.78 is 0. The molecule has 68 valence electrons. The van der Waals surface area contributed by atoms with E-state index in [9.17, 15) is 4.79 Å². The van der Waals surface area contributed by atoms with Gasteiger partial charge < -0.3 is 0 Å². The fourth-order valence-electron chi connectivity index (χ4n) is 1.18. The summed E-state index contributed by atoms with van der Waals surface area (Å²) in [6, 6.07) is 7.75. The molecule has 0 saturated heterocycles. The van der Waals surface area contributed by atoms with E-state index in [2.05, 4.69) is 13.5 Å². The van der Waals surface area contributed by atoms with Crippen LogP contribution in [0.4, 0.5) is 0 Å². The predicted molar refractivity (Wildman–Crippen MR) is 55.0 cm³/mol. The fraction of sp³-hybridized carbons (Fsp3) is 0.250. The third-order valence-electron chi connectivity index (χ3n) is 2.01. The molecule has 0 bridgehead atoms. The maximum absolute atomic E-state index is 11.4. The number of carbonyl (C=O) groups excluding carboxylic acids is 1. The molecule has 0 heterocycles. The summed E-state index contributed by atoms with van der Waals surface area (Å²) in [5.74, 6) is 0.137. The summed E-state index contributed by atoms with van der Waals surface area (Å²) >= 11 is 0. The smallest absolute Gasteiger partial charge is 0.166 e. The zero-order chi connectivity index (χ0) is 9.68. The van der Waals surface area contributed by atoms with Crippen molar-refractivity contribution >= 4 is 5.78 Å². The van der Waals surface area contributed by atoms with Crippen LogP contribution in [0.2, 0.25) is 0 Å². The molecule has 0 amide bonds. The summed E-state index contributed by atoms with van der Waals surface area (Å²) in [6.45, 7) is 5.64. The highest BCUT2D eigenvalue weighted by atomic mass is 16.1. The van der Waals surface area contributed by atoms with Gasteiger partial charge >= 0.3 is 0 Å². The van der Waals surface area contributed by atoms with Crippen molar-refractivity contribution in [3.63, 3.8) is 0 Å². The van der Waals surface area contributed by atoms with Gasteiger partial charge in [-0.1, -0.05) is 37.3 Å². The molecule has 0 atom stereocenters. The van der Waals surface area contributed by atoms with E-state index in [1.54, 1.807) is 6.08 Å². The van der Waals surface area contributed by atoms with Crippen LogP contribution in [0, 0.1) is 0 Å². The molecular formula is C12H14O. The van der Waals surface area contributed by atoms with Crippen LogP contribution >= 0.6 is 0 Å². The largest absolute Gasteiger partial charge is 0.294 e. The Morgan fingerprint density at radius 3 is 2.46 bits per heavy atom. The molecule has 0 unspecified atom stereocenters. The van der Waals surface area contributed by atoms with Gasteiger partial charge in [-0.15, -0.1) is 6.58 Å². The van der Waals surface area contributed by atoms with Crippen LogP contribution in [0.3, 0.4) is 0 Å². The van der Waals surface area contributed by atoms with Gasteiger partial charge in [0.25, 0.3) is 0 Å². The highest BCUT2D eigenvalue weighted by Crippen LogP contribution is 2.07. The Labute approximate surface area is 79.1 Å². The van der Waals surface area contributed by atoms with Crippen molar-refractivity contribution in [1.29, 1.82) is 0 Å². The van der Waals surface area contributed by atoms with Gasteiger partial charge in [-0.25, -0.2) is 0 Å². The average Bonchev–Trinajstić information content (AvgIpc) is 2.18. The number of rotatable bonds is 4. The van der Waals surface area contributed by atoms with Crippen molar-refractivity contribution in [2.45, 2.75) is 19.8 Å². The Kier molecular flexibility index (Phi) is 3.44. The monoisotopic (exact) mass is 174 g/mol. The zero-order valence-corrected chi connectivity index (χ0v) is 7.92. The van der Waals surface area contributed by atoms with E-state index in [0.29, 0.717) is 6.42 Å². The molecular weight excluding hydrogens is 160 g/mol. The van der Waals surface area contributed by atoms with Crippen LogP contribution in [0.1, 0.15) is 29.3 Å². The van der Waals surface area contributed by atoms with Crippen molar-refractivity contribution in [1.82, 2.24) is 0 Å². The molecule has 1 rings (SSSR count). The van der Waals surface area contributed by atoms with Gasteiger partial charge in [0.05, 0.1) is 0 Å². The average molecular weight is 174 g/mol. The van der Waals surface area contributed by atoms with Gasteiger partial charge in [-0.3, -0.25) is 4.79 Å². The quantitative estimate of drug-likeness (QED) is 0.506. The van der Waals surface area contributed by atoms with Gasteiger partial charge in [0.2, 0.25) is 0 Å². The molecule has 0 aromatic heterocycles. The lowest BCUT2D eigenvalue weighted by Gasteiger charge is -1.99. The Morgan fingerprint density at radius 2 is 2.00 bits per heavy atom. The number of hydrogen-bond donors (Lipinski definition) is 0. The van der Waals surface area contributed by atoms with Crippen molar-refractivity contribution in [3.8, 4) is 0 Å². The minimum Gasteiger partial charge on any atom is -0.294 e. The molecule has 1 aromatic rings. The van der Waals surface area contributed by atoms with Crippen LogP contribution in [-0.4, -0.2) is 5.78 Å². The summed E-state index contributed by atoms with van der Waals surface area (Å²) in [5.41, 5.74) is 2.03. The number of Topliss-reactive ketones (excluding diaryl/α,β-unsaturated/α-hetero) is 1. The van der Waals surface area contributed by atoms with E-state index in [-0.39, 0.29) is 5.78 Å². The first-order valence-electron chi connectivity index (χ1n) is 4.51. The Morgan fingerprint density at radius 1 is 1.38 bits per heavy atom. The minimum atomic E-state index is 0.137.